The molecule has 0 saturated heterocycles. The van der Waals surface area contributed by atoms with Crippen molar-refractivity contribution in [3.63, 3.8) is 0 Å². The minimum atomic E-state index is -0.520. The van der Waals surface area contributed by atoms with E-state index in [-0.39, 0.29) is 6.03 Å². The molecular weight excluding hydrogens is 264 g/mol. The zero-order valence-electron chi connectivity index (χ0n) is 11.9. The van der Waals surface area contributed by atoms with Gasteiger partial charge in [0.1, 0.15) is 6.29 Å². The summed E-state index contributed by atoms with van der Waals surface area (Å²) in [6, 6.07) is -0.840. The number of carbonyl (C=O) groups is 2. The first-order valence-electron chi connectivity index (χ1n) is 5.75. The van der Waals surface area contributed by atoms with Crippen molar-refractivity contribution >= 4 is 29.6 Å². The van der Waals surface area contributed by atoms with Gasteiger partial charge in [-0.3, -0.25) is 4.99 Å². The number of hydrogen-bond acceptors (Lipinski definition) is 5. The molecule has 1 unspecified atom stereocenters. The van der Waals surface area contributed by atoms with E-state index in [4.69, 9.17) is 0 Å². The summed E-state index contributed by atoms with van der Waals surface area (Å²) in [4.78, 5) is 30.0. The van der Waals surface area contributed by atoms with Gasteiger partial charge in [0.05, 0.1) is 23.8 Å². The van der Waals surface area contributed by atoms with E-state index in [1.54, 1.807) is 12.6 Å². The number of aliphatic imine (C=N–C) groups is 1. The van der Waals surface area contributed by atoms with Gasteiger partial charge >= 0.3 is 6.03 Å². The molecule has 0 aromatic rings. The van der Waals surface area contributed by atoms with Crippen LogP contribution >= 0.6 is 11.8 Å². The van der Waals surface area contributed by atoms with Gasteiger partial charge in [0.15, 0.2) is 0 Å². The summed E-state index contributed by atoms with van der Waals surface area (Å²) in [6.45, 7) is 4.53. The van der Waals surface area contributed by atoms with Gasteiger partial charge in [0, 0.05) is 13.6 Å². The molecule has 2 amide bonds. The average Bonchev–Trinajstić information content (AvgIpc) is 2.34. The Morgan fingerprint density at radius 2 is 2.11 bits per heavy atom. The van der Waals surface area contributed by atoms with Crippen molar-refractivity contribution in [1.82, 2.24) is 15.1 Å². The molecule has 108 valence electrons. The molecule has 0 aromatic carbocycles. The molecule has 0 rings (SSSR count). The largest absolute Gasteiger partial charge is 0.327 e. The fourth-order valence-electron chi connectivity index (χ4n) is 1.30. The fraction of sp³-hybridized carbons (Fsp3) is 0.583. The highest BCUT2D eigenvalue weighted by molar-refractivity contribution is 8.11. The molecule has 0 saturated carbocycles. The molecule has 0 aliphatic rings. The quantitative estimate of drug-likeness (QED) is 0.404. The van der Waals surface area contributed by atoms with Crippen LogP contribution in [0.2, 0.25) is 0 Å². The van der Waals surface area contributed by atoms with Crippen LogP contribution in [0.15, 0.2) is 17.3 Å². The van der Waals surface area contributed by atoms with E-state index in [1.165, 1.54) is 16.7 Å². The number of thioether (sulfide) groups is 1. The summed E-state index contributed by atoms with van der Waals surface area (Å²) in [5.74, 6) is 0. The molecule has 19 heavy (non-hydrogen) atoms. The number of urea groups is 1. The van der Waals surface area contributed by atoms with Gasteiger partial charge in [-0.05, 0) is 20.4 Å². The molecule has 0 aliphatic carbocycles. The standard InChI is InChI=1S/C12H22N4O2S/c1-10(13-9-19-5)6-16(4)12(18)14-11(8-17)7-15(2)3/h8-9,11H,1,6-7H2,2-5H3,(H,14,18). The van der Waals surface area contributed by atoms with E-state index in [9.17, 15) is 9.59 Å². The lowest BCUT2D eigenvalue weighted by Gasteiger charge is -2.22. The summed E-state index contributed by atoms with van der Waals surface area (Å²) >= 11 is 1.46. The topological polar surface area (TPSA) is 65.0 Å². The normalized spacial score (nSPS) is 12.5. The maximum atomic E-state index is 11.8. The maximum Gasteiger partial charge on any atom is 0.318 e. The SMILES string of the molecule is C=C(CN(C)C(=O)NC(C=O)CN(C)C)N=CSC. The van der Waals surface area contributed by atoms with Crippen molar-refractivity contribution in [1.29, 1.82) is 0 Å². The van der Waals surface area contributed by atoms with E-state index in [0.29, 0.717) is 18.8 Å². The van der Waals surface area contributed by atoms with Crippen LogP contribution < -0.4 is 5.32 Å². The Kier molecular flexibility index (Phi) is 8.90. The summed E-state index contributed by atoms with van der Waals surface area (Å²) in [5.41, 5.74) is 2.25. The lowest BCUT2D eigenvalue weighted by molar-refractivity contribution is -0.109. The highest BCUT2D eigenvalue weighted by Crippen LogP contribution is 1.99. The van der Waals surface area contributed by atoms with Crippen LogP contribution in [0.1, 0.15) is 0 Å². The van der Waals surface area contributed by atoms with Gasteiger partial charge in [-0.25, -0.2) is 4.79 Å². The second-order valence-corrected chi connectivity index (χ2v) is 5.03. The summed E-state index contributed by atoms with van der Waals surface area (Å²) < 4.78 is 0. The molecule has 0 aliphatic heterocycles. The van der Waals surface area contributed by atoms with Gasteiger partial charge < -0.3 is 19.9 Å². The molecule has 7 heteroatoms. The number of aldehydes is 1. The van der Waals surface area contributed by atoms with Gasteiger partial charge in [0.25, 0.3) is 0 Å². The van der Waals surface area contributed by atoms with Crippen molar-refractivity contribution in [2.24, 2.45) is 4.99 Å². The summed E-state index contributed by atoms with van der Waals surface area (Å²) in [6.07, 6.45) is 2.62. The third kappa shape index (κ3) is 8.39. The molecule has 0 bridgehead atoms. The van der Waals surface area contributed by atoms with E-state index in [0.717, 1.165) is 6.29 Å². The highest BCUT2D eigenvalue weighted by Gasteiger charge is 2.15. The number of carbonyl (C=O) groups excluding carboxylic acids is 2. The minimum Gasteiger partial charge on any atom is -0.327 e. The Morgan fingerprint density at radius 1 is 1.47 bits per heavy atom. The molecular formula is C12H22N4O2S. The van der Waals surface area contributed by atoms with Crippen molar-refractivity contribution < 1.29 is 9.59 Å². The van der Waals surface area contributed by atoms with Crippen molar-refractivity contribution in [3.8, 4) is 0 Å². The predicted octanol–water partition coefficient (Wildman–Crippen LogP) is 0.662. The second kappa shape index (κ2) is 9.57. The Hall–Kier alpha value is -1.34. The lowest BCUT2D eigenvalue weighted by atomic mass is 10.3. The zero-order chi connectivity index (χ0) is 14.8. The van der Waals surface area contributed by atoms with Crippen molar-refractivity contribution in [2.45, 2.75) is 6.04 Å². The van der Waals surface area contributed by atoms with Gasteiger partial charge in [0.2, 0.25) is 0 Å². The Balaban J connectivity index is 4.28. The predicted molar refractivity (Wildman–Crippen MR) is 80.7 cm³/mol. The summed E-state index contributed by atoms with van der Waals surface area (Å²) in [5, 5.41) is 2.64. The van der Waals surface area contributed by atoms with Crippen LogP contribution in [0.5, 0.6) is 0 Å². The van der Waals surface area contributed by atoms with Crippen LogP contribution in [-0.4, -0.2) is 74.2 Å². The third-order valence-electron chi connectivity index (χ3n) is 2.14. The number of hydrogen-bond donors (Lipinski definition) is 1. The number of nitrogens with one attached hydrogen (secondary N) is 1. The lowest BCUT2D eigenvalue weighted by Crippen LogP contribution is -2.48. The zero-order valence-corrected chi connectivity index (χ0v) is 12.7. The second-order valence-electron chi connectivity index (χ2n) is 4.35. The van der Waals surface area contributed by atoms with Crippen LogP contribution in [0, 0.1) is 0 Å². The monoisotopic (exact) mass is 286 g/mol. The molecule has 0 radical (unpaired) electrons. The molecule has 0 heterocycles. The van der Waals surface area contributed by atoms with Crippen molar-refractivity contribution in [3.05, 3.63) is 12.3 Å². The third-order valence-corrected chi connectivity index (χ3v) is 2.46. The highest BCUT2D eigenvalue weighted by atomic mass is 32.2. The number of likely N-dealkylation sites (N-methyl/N-ethyl adjacent to an activating group) is 2. The molecule has 6 nitrogen and oxygen atoms in total. The number of nitrogens with zero attached hydrogens (tertiary/aromatic N) is 3. The van der Waals surface area contributed by atoms with Gasteiger partial charge in [-0.1, -0.05) is 6.58 Å². The van der Waals surface area contributed by atoms with Crippen LogP contribution in [0.3, 0.4) is 0 Å². The average molecular weight is 286 g/mol. The van der Waals surface area contributed by atoms with Crippen LogP contribution in [-0.2, 0) is 4.79 Å². The first-order valence-corrected chi connectivity index (χ1v) is 7.04. The molecule has 0 aromatic heterocycles. The van der Waals surface area contributed by atoms with Crippen LogP contribution in [0.4, 0.5) is 4.79 Å². The molecule has 1 atom stereocenters. The Labute approximate surface area is 118 Å². The molecule has 0 fully saturated rings. The van der Waals surface area contributed by atoms with E-state index in [1.807, 2.05) is 25.3 Å². The van der Waals surface area contributed by atoms with E-state index >= 15 is 0 Å². The molecule has 1 N–H and O–H groups in total. The molecule has 0 spiro atoms. The number of rotatable bonds is 8. The fourth-order valence-corrected chi connectivity index (χ4v) is 1.55. The Bertz CT molecular complexity index is 345. The van der Waals surface area contributed by atoms with Gasteiger partial charge in [-0.2, -0.15) is 0 Å². The minimum absolute atomic E-state index is 0.316. The Morgan fingerprint density at radius 3 is 2.58 bits per heavy atom. The first kappa shape index (κ1) is 17.7. The number of amides is 2. The smallest absolute Gasteiger partial charge is 0.318 e. The first-order chi connectivity index (χ1) is 8.90. The van der Waals surface area contributed by atoms with Gasteiger partial charge in [-0.15, -0.1) is 11.8 Å². The van der Waals surface area contributed by atoms with Crippen molar-refractivity contribution in [2.75, 3.05) is 40.5 Å². The summed E-state index contributed by atoms with van der Waals surface area (Å²) in [7, 11) is 5.31. The van der Waals surface area contributed by atoms with E-state index < -0.39 is 6.04 Å². The van der Waals surface area contributed by atoms with E-state index in [2.05, 4.69) is 16.9 Å². The maximum absolute atomic E-state index is 11.8. The van der Waals surface area contributed by atoms with Crippen LogP contribution in [0.25, 0.3) is 0 Å².